The van der Waals surface area contributed by atoms with E-state index in [0.29, 0.717) is 17.9 Å². The van der Waals surface area contributed by atoms with Gasteiger partial charge in [-0.2, -0.15) is 11.8 Å². The van der Waals surface area contributed by atoms with Crippen LogP contribution in [-0.2, 0) is 24.9 Å². The second-order valence-electron chi connectivity index (χ2n) is 6.37. The first kappa shape index (κ1) is 20.6. The minimum atomic E-state index is -0.747. The van der Waals surface area contributed by atoms with Gasteiger partial charge in [-0.25, -0.2) is 4.79 Å². The lowest BCUT2D eigenvalue weighted by molar-refractivity contribution is -0.145. The second kappa shape index (κ2) is 9.32. The number of hydrogen-bond acceptors (Lipinski definition) is 6. The van der Waals surface area contributed by atoms with E-state index in [1.807, 2.05) is 44.2 Å². The van der Waals surface area contributed by atoms with Gasteiger partial charge in [0.05, 0.1) is 12.0 Å². The van der Waals surface area contributed by atoms with E-state index in [2.05, 4.69) is 5.32 Å². The van der Waals surface area contributed by atoms with Gasteiger partial charge in [-0.1, -0.05) is 30.3 Å². The molecule has 1 aliphatic rings. The lowest BCUT2D eigenvalue weighted by Gasteiger charge is -2.30. The van der Waals surface area contributed by atoms with Crippen LogP contribution in [0.4, 0.5) is 0 Å². The molecule has 26 heavy (non-hydrogen) atoms. The molecule has 1 fully saturated rings. The number of carbonyl (C=O) groups excluding carboxylic acids is 3. The number of carbonyl (C=O) groups is 3. The third-order valence-electron chi connectivity index (χ3n) is 4.17. The highest BCUT2D eigenvalue weighted by Gasteiger charge is 2.43. The van der Waals surface area contributed by atoms with Crippen LogP contribution < -0.4 is 5.32 Å². The topological polar surface area (TPSA) is 75.7 Å². The summed E-state index contributed by atoms with van der Waals surface area (Å²) in [5.41, 5.74) is 1.15. The van der Waals surface area contributed by atoms with Crippen LogP contribution in [0.1, 0.15) is 19.4 Å². The number of nitrogens with one attached hydrogen (secondary N) is 1. The van der Waals surface area contributed by atoms with Crippen LogP contribution in [0.3, 0.4) is 0 Å². The van der Waals surface area contributed by atoms with Crippen LogP contribution >= 0.6 is 23.5 Å². The van der Waals surface area contributed by atoms with E-state index < -0.39 is 22.9 Å². The van der Waals surface area contributed by atoms with Crippen molar-refractivity contribution >= 4 is 41.8 Å². The zero-order valence-corrected chi connectivity index (χ0v) is 16.8. The quantitative estimate of drug-likeness (QED) is 0.534. The maximum Gasteiger partial charge on any atom is 0.329 e. The molecule has 0 aromatic heterocycles. The zero-order chi connectivity index (χ0) is 19.2. The monoisotopic (exact) mass is 396 g/mol. The molecule has 0 saturated carbocycles. The standard InChI is InChI=1S/C18H24N2O4S2/c1-18(2)20(12-21)15(11-26-18)16(22)19-14(17(23)24-3)10-25-9-13-7-5-4-6-8-13/h4-8,12,14-15H,9-11H2,1-3H3,(H,19,22)/t14-,15+/m1/s1. The van der Waals surface area contributed by atoms with Gasteiger partial charge in [0.25, 0.3) is 0 Å². The van der Waals surface area contributed by atoms with Crippen LogP contribution in [0.5, 0.6) is 0 Å². The van der Waals surface area contributed by atoms with Crippen LogP contribution in [0.15, 0.2) is 30.3 Å². The predicted octanol–water partition coefficient (Wildman–Crippen LogP) is 1.89. The minimum Gasteiger partial charge on any atom is -0.467 e. The molecule has 1 saturated heterocycles. The summed E-state index contributed by atoms with van der Waals surface area (Å²) in [7, 11) is 1.30. The summed E-state index contributed by atoms with van der Waals surface area (Å²) in [5.74, 6) is 0.824. The van der Waals surface area contributed by atoms with E-state index >= 15 is 0 Å². The van der Waals surface area contributed by atoms with Gasteiger partial charge in [-0.15, -0.1) is 11.8 Å². The molecule has 8 heteroatoms. The maximum absolute atomic E-state index is 12.6. The Morgan fingerprint density at radius 3 is 2.73 bits per heavy atom. The smallest absolute Gasteiger partial charge is 0.329 e. The Morgan fingerprint density at radius 2 is 2.12 bits per heavy atom. The van der Waals surface area contributed by atoms with E-state index in [9.17, 15) is 14.4 Å². The zero-order valence-electron chi connectivity index (χ0n) is 15.1. The van der Waals surface area contributed by atoms with Crippen molar-refractivity contribution < 1.29 is 19.1 Å². The van der Waals surface area contributed by atoms with Gasteiger partial charge < -0.3 is 15.0 Å². The second-order valence-corrected chi connectivity index (χ2v) is 9.02. The fourth-order valence-electron chi connectivity index (χ4n) is 2.66. The van der Waals surface area contributed by atoms with Gasteiger partial charge >= 0.3 is 5.97 Å². The molecule has 142 valence electrons. The molecule has 1 aromatic carbocycles. The number of hydrogen-bond donors (Lipinski definition) is 1. The van der Waals surface area contributed by atoms with Crippen molar-refractivity contribution in [2.75, 3.05) is 18.6 Å². The summed E-state index contributed by atoms with van der Waals surface area (Å²) in [6.45, 7) is 3.79. The van der Waals surface area contributed by atoms with Gasteiger partial charge in [0.2, 0.25) is 12.3 Å². The van der Waals surface area contributed by atoms with E-state index in [-0.39, 0.29) is 5.91 Å². The Labute approximate surface area is 162 Å². The van der Waals surface area contributed by atoms with E-state index in [4.69, 9.17) is 4.74 Å². The van der Waals surface area contributed by atoms with Crippen molar-refractivity contribution in [2.24, 2.45) is 0 Å². The highest BCUT2D eigenvalue weighted by molar-refractivity contribution is 8.00. The number of methoxy groups -OCH3 is 1. The molecular formula is C18H24N2O4S2. The average molecular weight is 397 g/mol. The Hall–Kier alpha value is -1.67. The van der Waals surface area contributed by atoms with Gasteiger partial charge in [-0.05, 0) is 19.4 Å². The first-order chi connectivity index (χ1) is 12.4. The number of thioether (sulfide) groups is 2. The number of amides is 2. The fraction of sp³-hybridized carbons (Fsp3) is 0.500. The molecule has 0 radical (unpaired) electrons. The largest absolute Gasteiger partial charge is 0.467 e. The molecule has 2 atom stereocenters. The highest BCUT2D eigenvalue weighted by Crippen LogP contribution is 2.37. The fourth-order valence-corrected chi connectivity index (χ4v) is 4.86. The summed E-state index contributed by atoms with van der Waals surface area (Å²) in [4.78, 5) is 37.1. The van der Waals surface area contributed by atoms with E-state index in [1.54, 1.807) is 11.8 Å². The first-order valence-electron chi connectivity index (χ1n) is 8.26. The number of esters is 1. The summed E-state index contributed by atoms with van der Waals surface area (Å²) in [5, 5.41) is 2.75. The molecule has 0 spiro atoms. The van der Waals surface area contributed by atoms with E-state index in [0.717, 1.165) is 11.3 Å². The summed E-state index contributed by atoms with van der Waals surface area (Å²) < 4.78 is 4.82. The summed E-state index contributed by atoms with van der Waals surface area (Å²) in [6.07, 6.45) is 0.696. The Kier molecular flexibility index (Phi) is 7.40. The number of rotatable bonds is 8. The molecule has 0 bridgehead atoms. The average Bonchev–Trinajstić information content (AvgIpc) is 2.95. The molecule has 6 nitrogen and oxygen atoms in total. The molecule has 1 N–H and O–H groups in total. The summed E-state index contributed by atoms with van der Waals surface area (Å²) >= 11 is 3.08. The normalized spacial score (nSPS) is 19.7. The molecule has 2 amide bonds. The van der Waals surface area contributed by atoms with Crippen molar-refractivity contribution in [3.05, 3.63) is 35.9 Å². The van der Waals surface area contributed by atoms with Crippen molar-refractivity contribution in [1.82, 2.24) is 10.2 Å². The van der Waals surface area contributed by atoms with Gasteiger partial charge in [-0.3, -0.25) is 9.59 Å². The lowest BCUT2D eigenvalue weighted by Crippen LogP contribution is -2.53. The van der Waals surface area contributed by atoms with Crippen molar-refractivity contribution in [1.29, 1.82) is 0 Å². The molecule has 0 aliphatic carbocycles. The third-order valence-corrected chi connectivity index (χ3v) is 6.67. The van der Waals surface area contributed by atoms with Crippen molar-refractivity contribution in [3.8, 4) is 0 Å². The van der Waals surface area contributed by atoms with Gasteiger partial charge in [0.1, 0.15) is 12.1 Å². The predicted molar refractivity (Wildman–Crippen MR) is 105 cm³/mol. The first-order valence-corrected chi connectivity index (χ1v) is 10.4. The SMILES string of the molecule is COC(=O)[C@@H](CSCc1ccccc1)NC(=O)[C@@H]1CSC(C)(C)N1C=O. The van der Waals surface area contributed by atoms with E-state index in [1.165, 1.54) is 23.8 Å². The third kappa shape index (κ3) is 5.17. The lowest BCUT2D eigenvalue weighted by atomic mass is 10.2. The van der Waals surface area contributed by atoms with Crippen molar-refractivity contribution in [3.63, 3.8) is 0 Å². The molecule has 1 aliphatic heterocycles. The molecule has 1 heterocycles. The minimum absolute atomic E-state index is 0.328. The van der Waals surface area contributed by atoms with Crippen LogP contribution in [0.2, 0.25) is 0 Å². The molecule has 1 aromatic rings. The molecule has 2 rings (SSSR count). The number of ether oxygens (including phenoxy) is 1. The van der Waals surface area contributed by atoms with Crippen molar-refractivity contribution in [2.45, 2.75) is 36.6 Å². The Balaban J connectivity index is 1.95. The molecular weight excluding hydrogens is 372 g/mol. The van der Waals surface area contributed by atoms with Crippen LogP contribution in [0.25, 0.3) is 0 Å². The summed E-state index contributed by atoms with van der Waals surface area (Å²) in [6, 6.07) is 8.57. The van der Waals surface area contributed by atoms with Gasteiger partial charge in [0, 0.05) is 17.3 Å². The van der Waals surface area contributed by atoms with Gasteiger partial charge in [0.15, 0.2) is 0 Å². The van der Waals surface area contributed by atoms with Crippen LogP contribution in [-0.4, -0.2) is 58.8 Å². The number of nitrogens with zero attached hydrogens (tertiary/aromatic N) is 1. The Bertz CT molecular complexity index is 639. The Morgan fingerprint density at radius 1 is 1.42 bits per heavy atom. The number of benzene rings is 1. The highest BCUT2D eigenvalue weighted by atomic mass is 32.2. The van der Waals surface area contributed by atoms with Crippen LogP contribution in [0, 0.1) is 0 Å². The maximum atomic E-state index is 12.6. The molecule has 0 unspecified atom stereocenters.